The van der Waals surface area contributed by atoms with E-state index in [0.717, 1.165) is 21.5 Å². The third-order valence-electron chi connectivity index (χ3n) is 2.96. The fourth-order valence-electron chi connectivity index (χ4n) is 1.90. The quantitative estimate of drug-likeness (QED) is 0.667. The molecule has 2 N–H and O–H groups in total. The molecule has 0 saturated heterocycles. The smallest absolute Gasteiger partial charge is 0.269 e. The molecule has 0 aliphatic heterocycles. The van der Waals surface area contributed by atoms with E-state index in [1.54, 1.807) is 0 Å². The average Bonchev–Trinajstić information content (AvgIpc) is 3.12. The van der Waals surface area contributed by atoms with Crippen LogP contribution >= 0.6 is 46.5 Å². The number of carbonyl (C=O) groups excluding carboxylic acids is 1. The number of thiophene rings is 1. The lowest BCUT2D eigenvalue weighted by Gasteiger charge is -2.05. The van der Waals surface area contributed by atoms with Crippen LogP contribution < -0.4 is 10.6 Å². The number of aromatic nitrogens is 2. The maximum Gasteiger partial charge on any atom is 0.269 e. The number of halogens is 1. The number of benzene rings is 1. The van der Waals surface area contributed by atoms with Gasteiger partial charge in [-0.15, -0.1) is 21.5 Å². The van der Waals surface area contributed by atoms with Crippen molar-refractivity contribution in [1.29, 1.82) is 0 Å². The first-order valence-electron chi connectivity index (χ1n) is 6.70. The Balaban J connectivity index is 1.72. The van der Waals surface area contributed by atoms with Crippen LogP contribution in [0.4, 0.5) is 5.13 Å². The number of fused-ring (bicyclic) bond motifs is 1. The van der Waals surface area contributed by atoms with Crippen molar-refractivity contribution < 1.29 is 4.79 Å². The van der Waals surface area contributed by atoms with Gasteiger partial charge in [-0.05, 0) is 24.7 Å². The summed E-state index contributed by atoms with van der Waals surface area (Å²) in [4.78, 5) is 12.8. The second-order valence-corrected chi connectivity index (χ2v) is 7.40. The number of nitrogens with one attached hydrogen (secondary N) is 2. The molecule has 0 aliphatic rings. The number of amides is 1. The zero-order valence-electron chi connectivity index (χ0n) is 11.9. The lowest BCUT2D eigenvalue weighted by atomic mass is 10.2. The zero-order valence-corrected chi connectivity index (χ0v) is 15.1. The van der Waals surface area contributed by atoms with Crippen LogP contribution in [0.2, 0.25) is 5.02 Å². The maximum atomic E-state index is 12.4. The number of carbonyl (C=O) groups is 1. The summed E-state index contributed by atoms with van der Waals surface area (Å²) >= 11 is 14.1. The van der Waals surface area contributed by atoms with Gasteiger partial charge < -0.3 is 5.32 Å². The average molecular weight is 383 g/mol. The van der Waals surface area contributed by atoms with Crippen molar-refractivity contribution in [3.63, 3.8) is 0 Å². The molecular weight excluding hydrogens is 372 g/mol. The third kappa shape index (κ3) is 3.50. The molecule has 0 fully saturated rings. The molecular formula is C14H11ClN4OS3. The summed E-state index contributed by atoms with van der Waals surface area (Å²) in [5.41, 5.74) is 0. The first-order valence-corrected chi connectivity index (χ1v) is 9.12. The SMILES string of the molecule is CCc1nnc(NC(=S)NC(=O)c2sc3ccccc3c2Cl)s1. The molecule has 2 heterocycles. The number of nitrogens with zero attached hydrogens (tertiary/aromatic N) is 2. The molecule has 0 saturated carbocycles. The number of hydrogen-bond donors (Lipinski definition) is 2. The summed E-state index contributed by atoms with van der Waals surface area (Å²) in [5, 5.41) is 16.3. The van der Waals surface area contributed by atoms with E-state index >= 15 is 0 Å². The molecule has 23 heavy (non-hydrogen) atoms. The molecule has 118 valence electrons. The van der Waals surface area contributed by atoms with E-state index in [1.807, 2.05) is 31.2 Å². The van der Waals surface area contributed by atoms with Crippen molar-refractivity contribution in [2.75, 3.05) is 5.32 Å². The lowest BCUT2D eigenvalue weighted by Crippen LogP contribution is -2.33. The Hall–Kier alpha value is -1.61. The van der Waals surface area contributed by atoms with Crippen molar-refractivity contribution in [3.05, 3.63) is 39.2 Å². The topological polar surface area (TPSA) is 66.9 Å². The highest BCUT2D eigenvalue weighted by molar-refractivity contribution is 7.80. The summed E-state index contributed by atoms with van der Waals surface area (Å²) < 4.78 is 0.957. The van der Waals surface area contributed by atoms with Gasteiger partial charge in [0.15, 0.2) is 5.11 Å². The van der Waals surface area contributed by atoms with Crippen molar-refractivity contribution in [3.8, 4) is 0 Å². The largest absolute Gasteiger partial charge is 0.307 e. The van der Waals surface area contributed by atoms with E-state index in [0.29, 0.717) is 15.0 Å². The second-order valence-electron chi connectivity index (χ2n) is 4.50. The molecule has 0 radical (unpaired) electrons. The molecule has 9 heteroatoms. The van der Waals surface area contributed by atoms with Gasteiger partial charge in [0.1, 0.15) is 9.88 Å². The van der Waals surface area contributed by atoms with Gasteiger partial charge in [-0.1, -0.05) is 48.1 Å². The molecule has 0 spiro atoms. The predicted molar refractivity (Wildman–Crippen MR) is 99.8 cm³/mol. The van der Waals surface area contributed by atoms with Crippen molar-refractivity contribution in [2.24, 2.45) is 0 Å². The molecule has 0 bridgehead atoms. The normalized spacial score (nSPS) is 10.7. The van der Waals surface area contributed by atoms with Crippen LogP contribution in [0.1, 0.15) is 21.6 Å². The van der Waals surface area contributed by atoms with Crippen LogP contribution in [0.25, 0.3) is 10.1 Å². The highest BCUT2D eigenvalue weighted by Gasteiger charge is 2.18. The first-order chi connectivity index (χ1) is 11.1. The molecule has 0 aliphatic carbocycles. The molecule has 2 aromatic heterocycles. The molecule has 1 aromatic carbocycles. The van der Waals surface area contributed by atoms with Crippen LogP contribution in [0.5, 0.6) is 0 Å². The number of hydrogen-bond acceptors (Lipinski definition) is 6. The van der Waals surface area contributed by atoms with Gasteiger partial charge in [0.2, 0.25) is 5.13 Å². The van der Waals surface area contributed by atoms with Gasteiger partial charge in [-0.25, -0.2) is 0 Å². The maximum absolute atomic E-state index is 12.4. The molecule has 3 rings (SSSR count). The summed E-state index contributed by atoms with van der Waals surface area (Å²) in [5.74, 6) is -0.339. The Morgan fingerprint density at radius 1 is 1.30 bits per heavy atom. The Morgan fingerprint density at radius 3 is 2.78 bits per heavy atom. The lowest BCUT2D eigenvalue weighted by molar-refractivity contribution is 0.0982. The number of rotatable bonds is 3. The molecule has 0 atom stereocenters. The standard InChI is InChI=1S/C14H11ClN4OS3/c1-2-9-18-19-14(23-9)17-13(21)16-12(20)11-10(15)7-5-3-4-6-8(7)22-11/h3-6H,2H2,1H3,(H2,16,17,19,20,21). The first kappa shape index (κ1) is 16.3. The Kier molecular flexibility index (Phi) is 4.86. The van der Waals surface area contributed by atoms with Gasteiger partial charge in [-0.2, -0.15) is 0 Å². The van der Waals surface area contributed by atoms with Crippen molar-refractivity contribution in [2.45, 2.75) is 13.3 Å². The molecule has 0 unspecified atom stereocenters. The monoisotopic (exact) mass is 382 g/mol. The van der Waals surface area contributed by atoms with Crippen LogP contribution in [-0.4, -0.2) is 21.2 Å². The molecule has 5 nitrogen and oxygen atoms in total. The Labute approximate surface area is 150 Å². The van der Waals surface area contributed by atoms with E-state index in [2.05, 4.69) is 20.8 Å². The van der Waals surface area contributed by atoms with Crippen LogP contribution in [0, 0.1) is 0 Å². The van der Waals surface area contributed by atoms with E-state index in [1.165, 1.54) is 22.7 Å². The van der Waals surface area contributed by atoms with Crippen molar-refractivity contribution in [1.82, 2.24) is 15.5 Å². The van der Waals surface area contributed by atoms with Gasteiger partial charge in [0, 0.05) is 10.1 Å². The predicted octanol–water partition coefficient (Wildman–Crippen LogP) is 4.10. The number of thiocarbonyl (C=S) groups is 1. The Bertz CT molecular complexity index is 889. The summed E-state index contributed by atoms with van der Waals surface area (Å²) in [6.07, 6.45) is 0.801. The highest BCUT2D eigenvalue weighted by Crippen LogP contribution is 2.34. The van der Waals surface area contributed by atoms with Gasteiger partial charge in [-0.3, -0.25) is 10.1 Å². The Morgan fingerprint density at radius 2 is 2.09 bits per heavy atom. The van der Waals surface area contributed by atoms with Crippen molar-refractivity contribution >= 4 is 72.7 Å². The van der Waals surface area contributed by atoms with Crippen LogP contribution in [0.3, 0.4) is 0 Å². The summed E-state index contributed by atoms with van der Waals surface area (Å²) in [6, 6.07) is 7.60. The van der Waals surface area contributed by atoms with Gasteiger partial charge in [0.05, 0.1) is 5.02 Å². The third-order valence-corrected chi connectivity index (χ3v) is 5.82. The van der Waals surface area contributed by atoms with Gasteiger partial charge >= 0.3 is 0 Å². The molecule has 3 aromatic rings. The van der Waals surface area contributed by atoms with Crippen LogP contribution in [-0.2, 0) is 6.42 Å². The number of aryl methyl sites for hydroxylation is 1. The summed E-state index contributed by atoms with van der Waals surface area (Å²) in [7, 11) is 0. The minimum absolute atomic E-state index is 0.169. The van der Waals surface area contributed by atoms with Gasteiger partial charge in [0.25, 0.3) is 5.91 Å². The fourth-order valence-corrected chi connectivity index (χ4v) is 4.25. The minimum atomic E-state index is -0.339. The van der Waals surface area contributed by atoms with E-state index in [-0.39, 0.29) is 11.0 Å². The van der Waals surface area contributed by atoms with E-state index in [4.69, 9.17) is 23.8 Å². The van der Waals surface area contributed by atoms with E-state index < -0.39 is 0 Å². The second kappa shape index (κ2) is 6.88. The van der Waals surface area contributed by atoms with E-state index in [9.17, 15) is 4.79 Å². The highest BCUT2D eigenvalue weighted by atomic mass is 35.5. The number of anilines is 1. The summed E-state index contributed by atoms with van der Waals surface area (Å²) in [6.45, 7) is 1.99. The fraction of sp³-hybridized carbons (Fsp3) is 0.143. The molecule has 1 amide bonds. The van der Waals surface area contributed by atoms with Crippen LogP contribution in [0.15, 0.2) is 24.3 Å². The minimum Gasteiger partial charge on any atom is -0.307 e. The zero-order chi connectivity index (χ0) is 16.4.